The maximum Gasteiger partial charge on any atom is 0.247 e. The molecule has 0 fully saturated rings. The summed E-state index contributed by atoms with van der Waals surface area (Å²) < 4.78 is 0. The van der Waals surface area contributed by atoms with Crippen molar-refractivity contribution in [1.82, 2.24) is 9.97 Å². The fraction of sp³-hybridized carbons (Fsp3) is 0. The van der Waals surface area contributed by atoms with E-state index in [4.69, 9.17) is 11.6 Å². The summed E-state index contributed by atoms with van der Waals surface area (Å²) in [5, 5.41) is 3.05. The molecular weight excluding hydrogens is 250 g/mol. The van der Waals surface area contributed by atoms with E-state index in [2.05, 4.69) is 21.9 Å². The molecule has 2 aromatic rings. The van der Waals surface area contributed by atoms with Gasteiger partial charge in [-0.2, -0.15) is 0 Å². The first-order valence-corrected chi connectivity index (χ1v) is 5.59. The Labute approximate surface area is 109 Å². The molecule has 0 aliphatic rings. The van der Waals surface area contributed by atoms with E-state index in [1.54, 1.807) is 24.4 Å². The van der Waals surface area contributed by atoms with Gasteiger partial charge in [-0.1, -0.05) is 18.2 Å². The summed E-state index contributed by atoms with van der Waals surface area (Å²) >= 11 is 5.79. The summed E-state index contributed by atoms with van der Waals surface area (Å²) in [6.45, 7) is 3.38. The third-order valence-electron chi connectivity index (χ3n) is 2.22. The van der Waals surface area contributed by atoms with Gasteiger partial charge in [0, 0.05) is 17.4 Å². The largest absolute Gasteiger partial charge is 0.323 e. The van der Waals surface area contributed by atoms with E-state index in [1.165, 1.54) is 6.08 Å². The number of nitrogens with one attached hydrogen (secondary N) is 1. The zero-order valence-corrected chi connectivity index (χ0v) is 10.2. The molecule has 1 N–H and O–H groups in total. The Balaban J connectivity index is 2.22. The number of carbonyl (C=O) groups excluding carboxylic acids is 1. The molecule has 18 heavy (non-hydrogen) atoms. The van der Waals surface area contributed by atoms with Crippen molar-refractivity contribution in [2.75, 3.05) is 5.32 Å². The van der Waals surface area contributed by atoms with Crippen molar-refractivity contribution in [3.05, 3.63) is 54.3 Å². The third-order valence-corrected chi connectivity index (χ3v) is 2.43. The van der Waals surface area contributed by atoms with Crippen molar-refractivity contribution in [1.29, 1.82) is 0 Å². The molecule has 5 heteroatoms. The molecule has 90 valence electrons. The number of nitrogens with zero attached hydrogens (tertiary/aromatic N) is 2. The smallest absolute Gasteiger partial charge is 0.247 e. The zero-order valence-electron chi connectivity index (χ0n) is 9.43. The third kappa shape index (κ3) is 2.93. The molecule has 0 saturated carbocycles. The summed E-state index contributed by atoms with van der Waals surface area (Å²) in [5.41, 5.74) is 1.51. The maximum absolute atomic E-state index is 11.1. The first-order chi connectivity index (χ1) is 8.69. The number of anilines is 1. The van der Waals surface area contributed by atoms with Crippen LogP contribution in [0.25, 0.3) is 11.4 Å². The van der Waals surface area contributed by atoms with Crippen LogP contribution >= 0.6 is 11.6 Å². The van der Waals surface area contributed by atoms with Crippen LogP contribution in [-0.2, 0) is 4.79 Å². The van der Waals surface area contributed by atoms with Gasteiger partial charge >= 0.3 is 0 Å². The molecule has 1 aromatic heterocycles. The van der Waals surface area contributed by atoms with Gasteiger partial charge in [-0.25, -0.2) is 9.97 Å². The molecule has 4 nitrogen and oxygen atoms in total. The first kappa shape index (κ1) is 12.3. The second-order valence-electron chi connectivity index (χ2n) is 3.47. The van der Waals surface area contributed by atoms with Crippen LogP contribution in [0.1, 0.15) is 0 Å². The first-order valence-electron chi connectivity index (χ1n) is 5.21. The lowest BCUT2D eigenvalue weighted by Gasteiger charge is -2.04. The molecule has 0 radical (unpaired) electrons. The van der Waals surface area contributed by atoms with Gasteiger partial charge in [-0.3, -0.25) is 4.79 Å². The number of rotatable bonds is 3. The Morgan fingerprint density at radius 1 is 1.28 bits per heavy atom. The second-order valence-corrected chi connectivity index (χ2v) is 3.86. The van der Waals surface area contributed by atoms with Gasteiger partial charge in [-0.15, -0.1) is 0 Å². The van der Waals surface area contributed by atoms with Crippen molar-refractivity contribution >= 4 is 23.2 Å². The molecule has 0 aliphatic heterocycles. The molecule has 0 bridgehead atoms. The zero-order chi connectivity index (χ0) is 13.0. The summed E-state index contributed by atoms with van der Waals surface area (Å²) in [7, 11) is 0. The minimum absolute atomic E-state index is 0.248. The van der Waals surface area contributed by atoms with E-state index in [9.17, 15) is 4.79 Å². The second kappa shape index (κ2) is 5.42. The lowest BCUT2D eigenvalue weighted by atomic mass is 10.2. The normalized spacial score (nSPS) is 9.83. The molecule has 0 unspecified atom stereocenters. The van der Waals surface area contributed by atoms with Gasteiger partial charge < -0.3 is 5.32 Å². The van der Waals surface area contributed by atoms with Gasteiger partial charge in [0.2, 0.25) is 5.91 Å². The van der Waals surface area contributed by atoms with E-state index in [0.29, 0.717) is 16.7 Å². The number of amides is 1. The van der Waals surface area contributed by atoms with Gasteiger partial charge in [0.25, 0.3) is 0 Å². The lowest BCUT2D eigenvalue weighted by molar-refractivity contribution is -0.111. The molecule has 0 atom stereocenters. The number of hydrogen-bond acceptors (Lipinski definition) is 3. The van der Waals surface area contributed by atoms with Crippen molar-refractivity contribution in [2.45, 2.75) is 0 Å². The average molecular weight is 260 g/mol. The van der Waals surface area contributed by atoms with E-state index in [1.807, 2.05) is 12.1 Å². The highest BCUT2D eigenvalue weighted by Crippen LogP contribution is 2.18. The van der Waals surface area contributed by atoms with E-state index in [-0.39, 0.29) is 5.91 Å². The minimum atomic E-state index is -0.248. The van der Waals surface area contributed by atoms with Crippen LogP contribution in [0.4, 0.5) is 5.69 Å². The lowest BCUT2D eigenvalue weighted by Crippen LogP contribution is -2.06. The Hall–Kier alpha value is -2.20. The van der Waals surface area contributed by atoms with Gasteiger partial charge in [-0.05, 0) is 36.4 Å². The van der Waals surface area contributed by atoms with E-state index in [0.717, 1.165) is 5.56 Å². The molecule has 2 rings (SSSR count). The summed E-state index contributed by atoms with van der Waals surface area (Å²) in [5.74, 6) is 0.297. The SMILES string of the molecule is C=CC(=O)Nc1ccc(-c2nccc(Cl)n2)cc1. The van der Waals surface area contributed by atoms with Crippen LogP contribution in [-0.4, -0.2) is 15.9 Å². The van der Waals surface area contributed by atoms with Crippen LogP contribution < -0.4 is 5.32 Å². The van der Waals surface area contributed by atoms with E-state index < -0.39 is 0 Å². The molecule has 1 amide bonds. The molecule has 1 heterocycles. The highest BCUT2D eigenvalue weighted by molar-refractivity contribution is 6.29. The van der Waals surface area contributed by atoms with Crippen molar-refractivity contribution in [3.8, 4) is 11.4 Å². The number of benzene rings is 1. The quantitative estimate of drug-likeness (QED) is 0.681. The summed E-state index contributed by atoms with van der Waals surface area (Å²) in [4.78, 5) is 19.3. The van der Waals surface area contributed by atoms with Crippen LogP contribution in [0.5, 0.6) is 0 Å². The number of hydrogen-bond donors (Lipinski definition) is 1. The Kier molecular flexibility index (Phi) is 3.69. The van der Waals surface area contributed by atoms with Crippen LogP contribution in [0.3, 0.4) is 0 Å². The number of carbonyl (C=O) groups is 1. The van der Waals surface area contributed by atoms with Crippen LogP contribution in [0.15, 0.2) is 49.2 Å². The van der Waals surface area contributed by atoms with Gasteiger partial charge in [0.05, 0.1) is 0 Å². The Morgan fingerprint density at radius 2 is 2.00 bits per heavy atom. The highest BCUT2D eigenvalue weighted by Gasteiger charge is 2.02. The topological polar surface area (TPSA) is 54.9 Å². The Bertz CT molecular complexity index is 581. The monoisotopic (exact) mass is 259 g/mol. The summed E-state index contributed by atoms with van der Waals surface area (Å²) in [6.07, 6.45) is 2.81. The molecule has 0 aliphatic carbocycles. The molecule has 0 spiro atoms. The van der Waals surface area contributed by atoms with Crippen LogP contribution in [0.2, 0.25) is 5.15 Å². The van der Waals surface area contributed by atoms with Gasteiger partial charge in [0.1, 0.15) is 5.15 Å². The summed E-state index contributed by atoms with van der Waals surface area (Å²) in [6, 6.07) is 8.76. The maximum atomic E-state index is 11.1. The van der Waals surface area contributed by atoms with Crippen molar-refractivity contribution in [3.63, 3.8) is 0 Å². The highest BCUT2D eigenvalue weighted by atomic mass is 35.5. The fourth-order valence-corrected chi connectivity index (χ4v) is 1.51. The van der Waals surface area contributed by atoms with Crippen LogP contribution in [0, 0.1) is 0 Å². The fourth-order valence-electron chi connectivity index (χ4n) is 1.37. The standard InChI is InChI=1S/C13H10ClN3O/c1-2-12(18)16-10-5-3-9(4-6-10)13-15-8-7-11(14)17-13/h2-8H,1H2,(H,16,18). The average Bonchev–Trinajstić information content (AvgIpc) is 2.39. The van der Waals surface area contributed by atoms with Crippen molar-refractivity contribution < 1.29 is 4.79 Å². The minimum Gasteiger partial charge on any atom is -0.323 e. The molecule has 1 aromatic carbocycles. The predicted molar refractivity (Wildman–Crippen MR) is 71.3 cm³/mol. The van der Waals surface area contributed by atoms with Crippen molar-refractivity contribution in [2.24, 2.45) is 0 Å². The predicted octanol–water partition coefficient (Wildman–Crippen LogP) is 2.92. The van der Waals surface area contributed by atoms with Gasteiger partial charge in [0.15, 0.2) is 5.82 Å². The molecule has 0 saturated heterocycles. The number of aromatic nitrogens is 2. The number of halogens is 1. The van der Waals surface area contributed by atoms with E-state index >= 15 is 0 Å². The molecular formula is C13H10ClN3O. The Morgan fingerprint density at radius 3 is 2.61 bits per heavy atom.